The molecular formula is C13H25NO3. The summed E-state index contributed by atoms with van der Waals surface area (Å²) in [5.74, 6) is -0.362. The molecule has 1 atom stereocenters. The SMILES string of the molecule is CC(C)(C)NC(=O)[C@H](O)CCC(=O)C(C)(C)C. The fourth-order valence-corrected chi connectivity index (χ4v) is 1.23. The second-order valence-corrected chi connectivity index (χ2v) is 6.47. The van der Waals surface area contributed by atoms with Crippen molar-refractivity contribution in [2.24, 2.45) is 5.41 Å². The van der Waals surface area contributed by atoms with Gasteiger partial charge in [-0.15, -0.1) is 0 Å². The number of aliphatic hydroxyl groups is 1. The molecular weight excluding hydrogens is 218 g/mol. The molecule has 0 saturated carbocycles. The first-order valence-electron chi connectivity index (χ1n) is 5.97. The van der Waals surface area contributed by atoms with Crippen molar-refractivity contribution in [1.29, 1.82) is 0 Å². The van der Waals surface area contributed by atoms with Crippen LogP contribution in [0.25, 0.3) is 0 Å². The smallest absolute Gasteiger partial charge is 0.249 e. The minimum Gasteiger partial charge on any atom is -0.383 e. The van der Waals surface area contributed by atoms with Crippen LogP contribution in [0.2, 0.25) is 0 Å². The number of nitrogens with one attached hydrogen (secondary N) is 1. The summed E-state index contributed by atoms with van der Waals surface area (Å²) in [6.07, 6.45) is -0.708. The van der Waals surface area contributed by atoms with Gasteiger partial charge >= 0.3 is 0 Å². The Morgan fingerprint density at radius 1 is 1.12 bits per heavy atom. The van der Waals surface area contributed by atoms with Gasteiger partial charge < -0.3 is 10.4 Å². The monoisotopic (exact) mass is 243 g/mol. The van der Waals surface area contributed by atoms with Crippen molar-refractivity contribution >= 4 is 11.7 Å². The van der Waals surface area contributed by atoms with Gasteiger partial charge in [0.2, 0.25) is 5.91 Å². The summed E-state index contributed by atoms with van der Waals surface area (Å²) in [6.45, 7) is 11.0. The number of hydrogen-bond donors (Lipinski definition) is 2. The second kappa shape index (κ2) is 5.63. The number of hydrogen-bond acceptors (Lipinski definition) is 3. The van der Waals surface area contributed by atoms with E-state index in [1.165, 1.54) is 0 Å². The van der Waals surface area contributed by atoms with Crippen LogP contribution in [0.5, 0.6) is 0 Å². The van der Waals surface area contributed by atoms with E-state index in [4.69, 9.17) is 0 Å². The van der Waals surface area contributed by atoms with Crippen LogP contribution in [-0.2, 0) is 9.59 Å². The number of aliphatic hydroxyl groups excluding tert-OH is 1. The minimum absolute atomic E-state index is 0.0557. The largest absolute Gasteiger partial charge is 0.383 e. The lowest BCUT2D eigenvalue weighted by Gasteiger charge is -2.23. The average Bonchev–Trinajstić information content (AvgIpc) is 2.08. The number of carbonyl (C=O) groups excluding carboxylic acids is 2. The van der Waals surface area contributed by atoms with Crippen LogP contribution in [0, 0.1) is 5.41 Å². The molecule has 0 saturated heterocycles. The van der Waals surface area contributed by atoms with Gasteiger partial charge in [-0.25, -0.2) is 0 Å². The third-order valence-electron chi connectivity index (χ3n) is 2.28. The minimum atomic E-state index is -1.11. The molecule has 0 aromatic heterocycles. The Morgan fingerprint density at radius 3 is 1.94 bits per heavy atom. The van der Waals surface area contributed by atoms with Crippen LogP contribution in [0.3, 0.4) is 0 Å². The zero-order chi connectivity index (χ0) is 13.9. The Hall–Kier alpha value is -0.900. The molecule has 0 aliphatic carbocycles. The topological polar surface area (TPSA) is 66.4 Å². The van der Waals surface area contributed by atoms with Gasteiger partial charge in [0.05, 0.1) is 0 Å². The van der Waals surface area contributed by atoms with Crippen molar-refractivity contribution in [2.75, 3.05) is 0 Å². The molecule has 0 unspecified atom stereocenters. The Bertz CT molecular complexity index is 284. The van der Waals surface area contributed by atoms with Crippen molar-refractivity contribution in [2.45, 2.75) is 66.0 Å². The molecule has 17 heavy (non-hydrogen) atoms. The van der Waals surface area contributed by atoms with E-state index >= 15 is 0 Å². The summed E-state index contributed by atoms with van der Waals surface area (Å²) in [5.41, 5.74) is -0.785. The standard InChI is InChI=1S/C13H25NO3/c1-12(2,3)10(16)8-7-9(15)11(17)14-13(4,5)6/h9,15H,7-8H2,1-6H3,(H,14,17)/t9-/m1/s1. The quantitative estimate of drug-likeness (QED) is 0.789. The molecule has 2 N–H and O–H groups in total. The van der Waals surface area contributed by atoms with E-state index in [9.17, 15) is 14.7 Å². The van der Waals surface area contributed by atoms with Gasteiger partial charge in [0.25, 0.3) is 0 Å². The molecule has 4 nitrogen and oxygen atoms in total. The summed E-state index contributed by atoms with van der Waals surface area (Å²) >= 11 is 0. The number of Topliss-reactive ketones (excluding diaryl/α,β-unsaturated/α-hetero) is 1. The molecule has 0 fully saturated rings. The molecule has 100 valence electrons. The Kier molecular flexibility index (Phi) is 5.33. The van der Waals surface area contributed by atoms with Gasteiger partial charge in [0.1, 0.15) is 11.9 Å². The summed E-state index contributed by atoms with van der Waals surface area (Å²) in [6, 6.07) is 0. The fourth-order valence-electron chi connectivity index (χ4n) is 1.23. The lowest BCUT2D eigenvalue weighted by molar-refractivity contribution is -0.132. The van der Waals surface area contributed by atoms with E-state index in [2.05, 4.69) is 5.32 Å². The summed E-state index contributed by atoms with van der Waals surface area (Å²) < 4.78 is 0. The number of rotatable bonds is 4. The van der Waals surface area contributed by atoms with Crippen LogP contribution < -0.4 is 5.32 Å². The first-order chi connectivity index (χ1) is 7.43. The van der Waals surface area contributed by atoms with E-state index < -0.39 is 17.4 Å². The van der Waals surface area contributed by atoms with E-state index in [-0.39, 0.29) is 24.2 Å². The van der Waals surface area contributed by atoms with Gasteiger partial charge in [0.15, 0.2) is 0 Å². The molecule has 0 rings (SSSR count). The predicted molar refractivity (Wildman–Crippen MR) is 67.6 cm³/mol. The third-order valence-corrected chi connectivity index (χ3v) is 2.28. The van der Waals surface area contributed by atoms with Crippen LogP contribution >= 0.6 is 0 Å². The highest BCUT2D eigenvalue weighted by Gasteiger charge is 2.25. The van der Waals surface area contributed by atoms with Crippen LogP contribution in [0.1, 0.15) is 54.4 Å². The van der Waals surface area contributed by atoms with Crippen molar-refractivity contribution in [3.05, 3.63) is 0 Å². The number of amides is 1. The zero-order valence-electron chi connectivity index (χ0n) is 11.8. The maximum Gasteiger partial charge on any atom is 0.249 e. The molecule has 0 bridgehead atoms. The molecule has 0 aromatic carbocycles. The number of ketones is 1. The lowest BCUT2D eigenvalue weighted by Crippen LogP contribution is -2.46. The molecule has 0 radical (unpaired) electrons. The Balaban J connectivity index is 4.16. The van der Waals surface area contributed by atoms with Crippen molar-refractivity contribution in [3.8, 4) is 0 Å². The van der Waals surface area contributed by atoms with E-state index in [0.717, 1.165) is 0 Å². The van der Waals surface area contributed by atoms with Crippen molar-refractivity contribution < 1.29 is 14.7 Å². The van der Waals surface area contributed by atoms with Crippen molar-refractivity contribution in [3.63, 3.8) is 0 Å². The van der Waals surface area contributed by atoms with Crippen LogP contribution in [-0.4, -0.2) is 28.4 Å². The highest BCUT2D eigenvalue weighted by atomic mass is 16.3. The fraction of sp³-hybridized carbons (Fsp3) is 0.846. The summed E-state index contributed by atoms with van der Waals surface area (Å²) in [5, 5.41) is 12.3. The van der Waals surface area contributed by atoms with Gasteiger partial charge in [-0.2, -0.15) is 0 Å². The van der Waals surface area contributed by atoms with Crippen molar-refractivity contribution in [1.82, 2.24) is 5.32 Å². The molecule has 1 amide bonds. The number of carbonyl (C=O) groups is 2. The Morgan fingerprint density at radius 2 is 1.59 bits per heavy atom. The first kappa shape index (κ1) is 16.1. The van der Waals surface area contributed by atoms with Gasteiger partial charge in [0, 0.05) is 17.4 Å². The molecule has 0 aliphatic rings. The van der Waals surface area contributed by atoms with Gasteiger partial charge in [-0.05, 0) is 27.2 Å². The zero-order valence-corrected chi connectivity index (χ0v) is 11.8. The van der Waals surface area contributed by atoms with E-state index in [1.54, 1.807) is 0 Å². The first-order valence-corrected chi connectivity index (χ1v) is 5.97. The highest BCUT2D eigenvalue weighted by Crippen LogP contribution is 2.18. The molecule has 0 aromatic rings. The summed E-state index contributed by atoms with van der Waals surface area (Å²) in [7, 11) is 0. The Labute approximate surface area is 104 Å². The predicted octanol–water partition coefficient (Wildman–Crippen LogP) is 1.66. The third kappa shape index (κ3) is 7.10. The molecule has 0 aliphatic heterocycles. The second-order valence-electron chi connectivity index (χ2n) is 6.47. The normalized spacial score (nSPS) is 14.3. The van der Waals surface area contributed by atoms with Gasteiger partial charge in [-0.3, -0.25) is 9.59 Å². The molecule has 0 spiro atoms. The average molecular weight is 243 g/mol. The molecule has 0 heterocycles. The molecule has 4 heteroatoms. The summed E-state index contributed by atoms with van der Waals surface area (Å²) in [4.78, 5) is 23.2. The van der Waals surface area contributed by atoms with E-state index in [1.807, 2.05) is 41.5 Å². The van der Waals surface area contributed by atoms with E-state index in [0.29, 0.717) is 0 Å². The van der Waals surface area contributed by atoms with Gasteiger partial charge in [-0.1, -0.05) is 20.8 Å². The highest BCUT2D eigenvalue weighted by molar-refractivity contribution is 5.85. The maximum atomic E-state index is 11.6. The lowest BCUT2D eigenvalue weighted by atomic mass is 9.87. The van der Waals surface area contributed by atoms with Crippen LogP contribution in [0.15, 0.2) is 0 Å². The van der Waals surface area contributed by atoms with Crippen LogP contribution in [0.4, 0.5) is 0 Å². The maximum absolute atomic E-state index is 11.6.